The Labute approximate surface area is 185 Å². The Morgan fingerprint density at radius 2 is 1.87 bits per heavy atom. The van der Waals surface area contributed by atoms with Crippen molar-refractivity contribution < 1.29 is 17.9 Å². The first-order valence-corrected chi connectivity index (χ1v) is 11.6. The van der Waals surface area contributed by atoms with Crippen molar-refractivity contribution in [3.8, 4) is 11.8 Å². The smallest absolute Gasteiger partial charge is 0.264 e. The summed E-state index contributed by atoms with van der Waals surface area (Å²) in [7, 11) is -0.939. The van der Waals surface area contributed by atoms with Crippen LogP contribution in [-0.4, -0.2) is 28.5 Å². The Morgan fingerprint density at radius 3 is 2.48 bits per heavy atom. The largest absolute Gasteiger partial charge is 0.495 e. The number of ether oxygens (including phenoxy) is 1. The van der Waals surface area contributed by atoms with Gasteiger partial charge in [-0.05, 0) is 48.9 Å². The Balaban J connectivity index is 1.83. The van der Waals surface area contributed by atoms with E-state index in [4.69, 9.17) is 4.74 Å². The van der Waals surface area contributed by atoms with E-state index in [1.807, 2.05) is 6.92 Å². The third-order valence-electron chi connectivity index (χ3n) is 4.68. The first-order chi connectivity index (χ1) is 14.8. The van der Waals surface area contributed by atoms with Crippen LogP contribution in [-0.2, 0) is 16.4 Å². The number of benzene rings is 2. The molecule has 0 spiro atoms. The van der Waals surface area contributed by atoms with Crippen LogP contribution >= 0.6 is 11.3 Å². The molecule has 0 aliphatic heterocycles. The summed E-state index contributed by atoms with van der Waals surface area (Å²) in [6.45, 7) is 1.97. The molecular weight excluding hydrogens is 434 g/mol. The number of carbonyl (C=O) groups excluding carboxylic acids is 1. The number of amides is 1. The number of thiophene rings is 1. The van der Waals surface area contributed by atoms with Crippen molar-refractivity contribution in [2.24, 2.45) is 0 Å². The lowest BCUT2D eigenvalue weighted by atomic mass is 10.2. The van der Waals surface area contributed by atoms with Gasteiger partial charge in [0.25, 0.3) is 15.9 Å². The predicted molar refractivity (Wildman–Crippen MR) is 121 cm³/mol. The molecule has 3 aromatic rings. The van der Waals surface area contributed by atoms with Crippen molar-refractivity contribution in [2.75, 3.05) is 23.8 Å². The first-order valence-electron chi connectivity index (χ1n) is 9.38. The summed E-state index contributed by atoms with van der Waals surface area (Å²) in [6.07, 6.45) is 0.765. The summed E-state index contributed by atoms with van der Waals surface area (Å²) in [5.41, 5.74) is 1.10. The van der Waals surface area contributed by atoms with Gasteiger partial charge in [0.1, 0.15) is 16.8 Å². The average Bonchev–Trinajstić information content (AvgIpc) is 3.20. The quantitative estimate of drug-likeness (QED) is 0.574. The Morgan fingerprint density at radius 1 is 1.19 bits per heavy atom. The molecule has 2 aromatic carbocycles. The molecule has 0 radical (unpaired) electrons. The Bertz CT molecular complexity index is 1240. The lowest BCUT2D eigenvalue weighted by Gasteiger charge is -2.21. The molecule has 9 heteroatoms. The third-order valence-corrected chi connectivity index (χ3v) is 7.66. The maximum absolute atomic E-state index is 13.0. The van der Waals surface area contributed by atoms with E-state index in [1.54, 1.807) is 30.3 Å². The fourth-order valence-electron chi connectivity index (χ4n) is 2.92. The molecule has 3 rings (SSSR count). The van der Waals surface area contributed by atoms with E-state index in [-0.39, 0.29) is 10.5 Å². The molecule has 1 N–H and O–H groups in total. The minimum absolute atomic E-state index is 0.0413. The molecule has 31 heavy (non-hydrogen) atoms. The minimum atomic E-state index is -3.86. The molecule has 0 fully saturated rings. The molecule has 1 amide bonds. The fraction of sp³-hybridized carbons (Fsp3) is 0.182. The van der Waals surface area contributed by atoms with Crippen molar-refractivity contribution in [1.82, 2.24) is 0 Å². The molecule has 1 aromatic heterocycles. The second-order valence-electron chi connectivity index (χ2n) is 6.54. The summed E-state index contributed by atoms with van der Waals surface area (Å²) in [5, 5.41) is 12.5. The second kappa shape index (κ2) is 9.20. The van der Waals surface area contributed by atoms with Crippen LogP contribution in [0.5, 0.6) is 5.75 Å². The predicted octanol–water partition coefficient (Wildman–Crippen LogP) is 4.27. The maximum Gasteiger partial charge on any atom is 0.264 e. The molecule has 160 valence electrons. The SMILES string of the molecule is CCc1cc(C#N)c(NC(=O)c2ccc(S(=O)(=O)N(C)c3ccccc3OC)cc2)s1. The standard InChI is InChI=1S/C22H21N3O4S2/c1-4-17-13-16(14-23)22(30-17)24-21(26)15-9-11-18(12-10-15)31(27,28)25(2)19-7-5-6-8-20(19)29-3/h5-13H,4H2,1-3H3,(H,24,26). The average molecular weight is 456 g/mol. The fourth-order valence-corrected chi connectivity index (χ4v) is 5.07. The number of para-hydroxylation sites is 2. The van der Waals surface area contributed by atoms with E-state index in [0.717, 1.165) is 15.6 Å². The van der Waals surface area contributed by atoms with Gasteiger partial charge in [0.2, 0.25) is 0 Å². The van der Waals surface area contributed by atoms with Crippen molar-refractivity contribution in [1.29, 1.82) is 5.26 Å². The van der Waals surface area contributed by atoms with E-state index in [9.17, 15) is 18.5 Å². The van der Waals surface area contributed by atoms with Crippen LogP contribution < -0.4 is 14.4 Å². The highest BCUT2D eigenvalue weighted by molar-refractivity contribution is 7.92. The lowest BCUT2D eigenvalue weighted by Crippen LogP contribution is -2.27. The van der Waals surface area contributed by atoms with Crippen LogP contribution in [0.4, 0.5) is 10.7 Å². The van der Waals surface area contributed by atoms with Gasteiger partial charge in [-0.15, -0.1) is 11.3 Å². The van der Waals surface area contributed by atoms with Gasteiger partial charge in [-0.2, -0.15) is 5.26 Å². The molecule has 0 aliphatic carbocycles. The maximum atomic E-state index is 13.0. The van der Waals surface area contributed by atoms with Crippen LogP contribution in [0.25, 0.3) is 0 Å². The summed E-state index contributed by atoms with van der Waals surface area (Å²) in [6, 6.07) is 16.3. The number of aryl methyl sites for hydroxylation is 1. The molecule has 0 saturated carbocycles. The number of nitriles is 1. The zero-order valence-corrected chi connectivity index (χ0v) is 18.9. The topological polar surface area (TPSA) is 99.5 Å². The van der Waals surface area contributed by atoms with E-state index in [1.165, 1.54) is 49.8 Å². The van der Waals surface area contributed by atoms with Crippen LogP contribution in [0, 0.1) is 11.3 Å². The van der Waals surface area contributed by atoms with Gasteiger partial charge in [0.15, 0.2) is 0 Å². The van der Waals surface area contributed by atoms with Crippen LogP contribution in [0.1, 0.15) is 27.7 Å². The summed E-state index contributed by atoms with van der Waals surface area (Å²) in [4.78, 5) is 13.6. The monoisotopic (exact) mass is 455 g/mol. The molecule has 7 nitrogen and oxygen atoms in total. The summed E-state index contributed by atoms with van der Waals surface area (Å²) < 4.78 is 32.4. The second-order valence-corrected chi connectivity index (χ2v) is 9.65. The van der Waals surface area contributed by atoms with Crippen molar-refractivity contribution in [3.63, 3.8) is 0 Å². The van der Waals surface area contributed by atoms with Gasteiger partial charge in [-0.3, -0.25) is 9.10 Å². The van der Waals surface area contributed by atoms with Crippen LogP contribution in [0.3, 0.4) is 0 Å². The highest BCUT2D eigenvalue weighted by Crippen LogP contribution is 2.31. The number of sulfonamides is 1. The van der Waals surface area contributed by atoms with E-state index in [2.05, 4.69) is 11.4 Å². The molecule has 1 heterocycles. The summed E-state index contributed by atoms with van der Waals surface area (Å²) >= 11 is 1.35. The number of rotatable bonds is 7. The van der Waals surface area contributed by atoms with Gasteiger partial charge < -0.3 is 10.1 Å². The molecule has 0 atom stereocenters. The highest BCUT2D eigenvalue weighted by Gasteiger charge is 2.24. The zero-order chi connectivity index (χ0) is 22.6. The third kappa shape index (κ3) is 4.55. The molecule has 0 aliphatic rings. The van der Waals surface area contributed by atoms with Crippen molar-refractivity contribution in [2.45, 2.75) is 18.2 Å². The zero-order valence-electron chi connectivity index (χ0n) is 17.2. The number of methoxy groups -OCH3 is 1. The number of hydrogen-bond acceptors (Lipinski definition) is 6. The minimum Gasteiger partial charge on any atom is -0.495 e. The number of anilines is 2. The molecule has 0 unspecified atom stereocenters. The van der Waals surface area contributed by atoms with Gasteiger partial charge in [0, 0.05) is 17.5 Å². The van der Waals surface area contributed by atoms with Gasteiger partial charge >= 0.3 is 0 Å². The molecular formula is C22H21N3O4S2. The number of nitrogens with one attached hydrogen (secondary N) is 1. The normalized spacial score (nSPS) is 10.9. The van der Waals surface area contributed by atoms with Crippen LogP contribution in [0.15, 0.2) is 59.5 Å². The first kappa shape index (κ1) is 22.3. The summed E-state index contributed by atoms with van der Waals surface area (Å²) in [5.74, 6) is 0.0169. The molecule has 0 bridgehead atoms. The van der Waals surface area contributed by atoms with E-state index in [0.29, 0.717) is 22.0 Å². The Kier molecular flexibility index (Phi) is 6.63. The van der Waals surface area contributed by atoms with Gasteiger partial charge in [0.05, 0.1) is 23.3 Å². The van der Waals surface area contributed by atoms with Gasteiger partial charge in [-0.1, -0.05) is 19.1 Å². The highest BCUT2D eigenvalue weighted by atomic mass is 32.2. The Hall–Kier alpha value is -3.35. The lowest BCUT2D eigenvalue weighted by molar-refractivity contribution is 0.102. The number of nitrogens with zero attached hydrogens (tertiary/aromatic N) is 2. The number of carbonyl (C=O) groups is 1. The van der Waals surface area contributed by atoms with Crippen molar-refractivity contribution in [3.05, 3.63) is 70.6 Å². The van der Waals surface area contributed by atoms with E-state index >= 15 is 0 Å². The van der Waals surface area contributed by atoms with Gasteiger partial charge in [-0.25, -0.2) is 8.42 Å². The number of hydrogen-bond donors (Lipinski definition) is 1. The van der Waals surface area contributed by atoms with Crippen LogP contribution in [0.2, 0.25) is 0 Å². The molecule has 0 saturated heterocycles. The van der Waals surface area contributed by atoms with E-state index < -0.39 is 15.9 Å². The van der Waals surface area contributed by atoms with Crippen molar-refractivity contribution >= 4 is 38.0 Å².